The topological polar surface area (TPSA) is 90.7 Å². The minimum Gasteiger partial charge on any atom is -0.444 e. The molecule has 1 amide bonds. The molecule has 1 saturated heterocycles. The molecule has 4 rings (SSSR count). The number of piperidine rings is 1. The normalized spacial score (nSPS) is 19.0. The molecule has 2 heterocycles. The maximum absolute atomic E-state index is 13.7. The van der Waals surface area contributed by atoms with Crippen LogP contribution >= 0.6 is 15.9 Å². The summed E-state index contributed by atoms with van der Waals surface area (Å²) in [6.07, 6.45) is 1.79. The van der Waals surface area contributed by atoms with Crippen LogP contribution in [-0.4, -0.2) is 45.2 Å². The number of hydrogen-bond donors (Lipinski definition) is 0. The maximum Gasteiger partial charge on any atom is 0.410 e. The lowest BCUT2D eigenvalue weighted by atomic mass is 10.0. The molecule has 8 nitrogen and oxygen atoms in total. The Balaban J connectivity index is 1.85. The standard InChI is InChI=1S/C24H26BrN3O5/c1-15(29)32-24(10-7-11-27(13-24)22(31)33-23(2,3)4)28-14-26-20-17-9-6-5-8-16(17)19(25)12-18(20)21(28)30/h5-6,8-9,12,14H,7,10-11,13H2,1-4H3/t24-/m1/s1. The van der Waals surface area contributed by atoms with Gasteiger partial charge in [-0.2, -0.15) is 0 Å². The Kier molecular flexibility index (Phi) is 5.94. The van der Waals surface area contributed by atoms with Crippen LogP contribution in [0.4, 0.5) is 4.79 Å². The van der Waals surface area contributed by atoms with E-state index in [0.29, 0.717) is 30.3 Å². The number of ether oxygens (including phenoxy) is 2. The number of esters is 1. The average molecular weight is 516 g/mol. The summed E-state index contributed by atoms with van der Waals surface area (Å²) in [6, 6.07) is 9.41. The van der Waals surface area contributed by atoms with Crippen molar-refractivity contribution in [3.63, 3.8) is 0 Å². The van der Waals surface area contributed by atoms with E-state index < -0.39 is 23.4 Å². The number of likely N-dealkylation sites (tertiary alicyclic amines) is 1. The van der Waals surface area contributed by atoms with Crippen molar-refractivity contribution in [2.24, 2.45) is 0 Å². The molecule has 1 atom stereocenters. The number of benzene rings is 2. The molecule has 9 heteroatoms. The van der Waals surface area contributed by atoms with E-state index in [1.165, 1.54) is 22.7 Å². The second-order valence-corrected chi connectivity index (χ2v) is 10.1. The van der Waals surface area contributed by atoms with Crippen molar-refractivity contribution < 1.29 is 19.1 Å². The van der Waals surface area contributed by atoms with E-state index in [4.69, 9.17) is 9.47 Å². The molecular weight excluding hydrogens is 490 g/mol. The monoisotopic (exact) mass is 515 g/mol. The Labute approximate surface area is 199 Å². The third-order valence-electron chi connectivity index (χ3n) is 5.57. The van der Waals surface area contributed by atoms with E-state index in [-0.39, 0.29) is 12.1 Å². The third kappa shape index (κ3) is 4.46. The van der Waals surface area contributed by atoms with E-state index in [2.05, 4.69) is 20.9 Å². The second-order valence-electron chi connectivity index (χ2n) is 9.27. The fourth-order valence-corrected chi connectivity index (χ4v) is 4.86. The summed E-state index contributed by atoms with van der Waals surface area (Å²) in [5, 5.41) is 2.17. The van der Waals surface area contributed by atoms with E-state index in [9.17, 15) is 14.4 Å². The molecule has 1 aliphatic rings. The first-order valence-corrected chi connectivity index (χ1v) is 11.6. The zero-order valence-corrected chi connectivity index (χ0v) is 20.6. The molecule has 1 aliphatic heterocycles. The fraction of sp³-hybridized carbons (Fsp3) is 0.417. The van der Waals surface area contributed by atoms with Crippen LogP contribution in [0, 0.1) is 0 Å². The van der Waals surface area contributed by atoms with E-state index in [1.54, 1.807) is 26.8 Å². The Morgan fingerprint density at radius 3 is 2.52 bits per heavy atom. The van der Waals surface area contributed by atoms with Gasteiger partial charge in [-0.3, -0.25) is 14.2 Å². The summed E-state index contributed by atoms with van der Waals surface area (Å²) < 4.78 is 13.4. The fourth-order valence-electron chi connectivity index (χ4n) is 4.29. The highest BCUT2D eigenvalue weighted by atomic mass is 79.9. The van der Waals surface area contributed by atoms with Crippen molar-refractivity contribution in [1.82, 2.24) is 14.5 Å². The summed E-state index contributed by atoms with van der Waals surface area (Å²) in [4.78, 5) is 44.6. The second kappa shape index (κ2) is 8.44. The summed E-state index contributed by atoms with van der Waals surface area (Å²) in [5.41, 5.74) is -1.84. The molecule has 0 unspecified atom stereocenters. The Morgan fingerprint density at radius 1 is 1.15 bits per heavy atom. The van der Waals surface area contributed by atoms with Gasteiger partial charge in [0, 0.05) is 29.7 Å². The van der Waals surface area contributed by atoms with Gasteiger partial charge in [-0.05, 0) is 38.6 Å². The number of rotatable bonds is 2. The number of fused-ring (bicyclic) bond motifs is 3. The quantitative estimate of drug-likeness (QED) is 0.367. The van der Waals surface area contributed by atoms with Crippen LogP contribution in [0.15, 0.2) is 45.9 Å². The van der Waals surface area contributed by atoms with Gasteiger partial charge in [0.15, 0.2) is 0 Å². The van der Waals surface area contributed by atoms with Gasteiger partial charge in [0.2, 0.25) is 5.72 Å². The SMILES string of the molecule is CC(=O)O[C@]1(n2cnc3c(cc(Br)c4ccccc43)c2=O)CCCN(C(=O)OC(C)(C)C)C1. The molecule has 1 fully saturated rings. The molecule has 0 N–H and O–H groups in total. The van der Waals surface area contributed by atoms with Gasteiger partial charge in [-0.15, -0.1) is 0 Å². The average Bonchev–Trinajstić information content (AvgIpc) is 2.73. The molecule has 0 saturated carbocycles. The van der Waals surface area contributed by atoms with Gasteiger partial charge in [-0.25, -0.2) is 9.78 Å². The lowest BCUT2D eigenvalue weighted by Crippen LogP contribution is -2.57. The van der Waals surface area contributed by atoms with E-state index in [0.717, 1.165) is 15.2 Å². The van der Waals surface area contributed by atoms with Crippen LogP contribution in [0.1, 0.15) is 40.5 Å². The predicted octanol–water partition coefficient (Wildman–Crippen LogP) is 4.56. The van der Waals surface area contributed by atoms with Crippen molar-refractivity contribution in [1.29, 1.82) is 0 Å². The van der Waals surface area contributed by atoms with E-state index >= 15 is 0 Å². The number of aromatic nitrogens is 2. The molecule has 1 aromatic heterocycles. The zero-order chi connectivity index (χ0) is 24.0. The zero-order valence-electron chi connectivity index (χ0n) is 19.1. The summed E-state index contributed by atoms with van der Waals surface area (Å²) >= 11 is 3.55. The number of amides is 1. The number of nitrogens with zero attached hydrogens (tertiary/aromatic N) is 3. The number of carbonyl (C=O) groups excluding carboxylic acids is 2. The number of hydrogen-bond acceptors (Lipinski definition) is 6. The van der Waals surface area contributed by atoms with Crippen molar-refractivity contribution in [3.05, 3.63) is 51.5 Å². The first-order chi connectivity index (χ1) is 15.5. The van der Waals surface area contributed by atoms with Crippen LogP contribution in [-0.2, 0) is 20.0 Å². The lowest BCUT2D eigenvalue weighted by Gasteiger charge is -2.42. The molecule has 0 aliphatic carbocycles. The van der Waals surface area contributed by atoms with Crippen LogP contribution in [0.2, 0.25) is 0 Å². The highest BCUT2D eigenvalue weighted by molar-refractivity contribution is 9.10. The largest absolute Gasteiger partial charge is 0.444 e. The first-order valence-electron chi connectivity index (χ1n) is 10.8. The summed E-state index contributed by atoms with van der Waals surface area (Å²) in [5.74, 6) is -0.548. The third-order valence-corrected chi connectivity index (χ3v) is 6.23. The van der Waals surface area contributed by atoms with Gasteiger partial charge in [-0.1, -0.05) is 40.2 Å². The lowest BCUT2D eigenvalue weighted by molar-refractivity contribution is -0.180. The molecule has 3 aromatic rings. The predicted molar refractivity (Wildman–Crippen MR) is 128 cm³/mol. The van der Waals surface area contributed by atoms with Crippen LogP contribution in [0.3, 0.4) is 0 Å². The van der Waals surface area contributed by atoms with Crippen LogP contribution in [0.25, 0.3) is 21.7 Å². The molecule has 33 heavy (non-hydrogen) atoms. The Hall–Kier alpha value is -2.94. The minimum atomic E-state index is -1.38. The van der Waals surface area contributed by atoms with Crippen molar-refractivity contribution in [2.75, 3.05) is 13.1 Å². The first kappa shape index (κ1) is 23.2. The van der Waals surface area contributed by atoms with Crippen LogP contribution in [0.5, 0.6) is 0 Å². The Morgan fingerprint density at radius 2 is 1.85 bits per heavy atom. The van der Waals surface area contributed by atoms with Gasteiger partial charge >= 0.3 is 12.1 Å². The van der Waals surface area contributed by atoms with Gasteiger partial charge in [0.1, 0.15) is 11.9 Å². The Bertz CT molecular complexity index is 1310. The maximum atomic E-state index is 13.7. The molecule has 0 radical (unpaired) electrons. The highest BCUT2D eigenvalue weighted by Gasteiger charge is 2.44. The van der Waals surface area contributed by atoms with Gasteiger partial charge in [0.25, 0.3) is 5.56 Å². The smallest absolute Gasteiger partial charge is 0.410 e. The van der Waals surface area contributed by atoms with Crippen LogP contribution < -0.4 is 5.56 Å². The van der Waals surface area contributed by atoms with Crippen molar-refractivity contribution >= 4 is 49.7 Å². The number of carbonyl (C=O) groups is 2. The van der Waals surface area contributed by atoms with Gasteiger partial charge < -0.3 is 14.4 Å². The number of halogens is 1. The van der Waals surface area contributed by atoms with Gasteiger partial charge in [0.05, 0.1) is 17.4 Å². The molecule has 0 bridgehead atoms. The van der Waals surface area contributed by atoms with E-state index in [1.807, 2.05) is 24.3 Å². The van der Waals surface area contributed by atoms with Crippen molar-refractivity contribution in [2.45, 2.75) is 51.9 Å². The van der Waals surface area contributed by atoms with Crippen molar-refractivity contribution in [3.8, 4) is 0 Å². The summed E-state index contributed by atoms with van der Waals surface area (Å²) in [6.45, 7) is 7.07. The highest BCUT2D eigenvalue weighted by Crippen LogP contribution is 2.33. The molecule has 2 aromatic carbocycles. The molecule has 0 spiro atoms. The molecule has 174 valence electrons. The minimum absolute atomic E-state index is 0.0106. The summed E-state index contributed by atoms with van der Waals surface area (Å²) in [7, 11) is 0. The molecular formula is C24H26BrN3O5.